The van der Waals surface area contributed by atoms with Crippen LogP contribution in [0.1, 0.15) is 6.92 Å². The first kappa shape index (κ1) is 15.9. The Morgan fingerprint density at radius 3 is 1.78 bits per heavy atom. The maximum Gasteiger partial charge on any atom is 0.332 e. The van der Waals surface area contributed by atoms with Crippen LogP contribution >= 0.6 is 24.8 Å². The molecule has 0 fully saturated rings. The standard InChI is InChI=1S/C5H8O2.2ClH/c1-4(2)5(6)7-3;;/h1H2,2-3H3;2*1H. The lowest BCUT2D eigenvalue weighted by Gasteiger charge is -1.91. The van der Waals surface area contributed by atoms with Crippen LogP contribution in [0.5, 0.6) is 0 Å². The molecule has 0 aromatic rings. The van der Waals surface area contributed by atoms with E-state index in [4.69, 9.17) is 0 Å². The third kappa shape index (κ3) is 7.79. The molecule has 0 bridgehead atoms. The van der Waals surface area contributed by atoms with Crippen LogP contribution in [0, 0.1) is 0 Å². The van der Waals surface area contributed by atoms with E-state index in [1.165, 1.54) is 7.11 Å². The SMILES string of the molecule is C=C(C)C(=O)OC.Cl.Cl. The second-order valence-electron chi connectivity index (χ2n) is 1.27. The minimum Gasteiger partial charge on any atom is -0.466 e. The van der Waals surface area contributed by atoms with Gasteiger partial charge in [-0.1, -0.05) is 6.58 Å². The third-order valence-corrected chi connectivity index (χ3v) is 0.534. The Labute approximate surface area is 67.1 Å². The van der Waals surface area contributed by atoms with Crippen molar-refractivity contribution < 1.29 is 9.53 Å². The Balaban J connectivity index is -0.000000180. The second kappa shape index (κ2) is 7.79. The van der Waals surface area contributed by atoms with Gasteiger partial charge in [0, 0.05) is 5.57 Å². The summed E-state index contributed by atoms with van der Waals surface area (Å²) in [5.41, 5.74) is 0.433. The van der Waals surface area contributed by atoms with Gasteiger partial charge in [0.2, 0.25) is 0 Å². The molecular weight excluding hydrogens is 163 g/mol. The largest absolute Gasteiger partial charge is 0.466 e. The lowest BCUT2D eigenvalue weighted by molar-refractivity contribution is -0.135. The van der Waals surface area contributed by atoms with E-state index in [9.17, 15) is 4.79 Å². The van der Waals surface area contributed by atoms with E-state index in [-0.39, 0.29) is 30.8 Å². The van der Waals surface area contributed by atoms with Crippen LogP contribution in [-0.2, 0) is 9.53 Å². The maximum absolute atomic E-state index is 10.2. The van der Waals surface area contributed by atoms with E-state index >= 15 is 0 Å². The molecule has 0 amide bonds. The van der Waals surface area contributed by atoms with Gasteiger partial charge in [0.25, 0.3) is 0 Å². The van der Waals surface area contributed by atoms with Gasteiger partial charge in [0.05, 0.1) is 7.11 Å². The van der Waals surface area contributed by atoms with Crippen LogP contribution in [-0.4, -0.2) is 13.1 Å². The highest BCUT2D eigenvalue weighted by atomic mass is 35.5. The van der Waals surface area contributed by atoms with Crippen molar-refractivity contribution in [3.05, 3.63) is 12.2 Å². The first-order valence-electron chi connectivity index (χ1n) is 1.92. The summed E-state index contributed by atoms with van der Waals surface area (Å²) in [4.78, 5) is 10.2. The first-order valence-corrected chi connectivity index (χ1v) is 1.92. The van der Waals surface area contributed by atoms with Crippen molar-refractivity contribution in [2.45, 2.75) is 6.92 Å². The zero-order valence-corrected chi connectivity index (χ0v) is 6.97. The molecule has 0 radical (unpaired) electrons. The van der Waals surface area contributed by atoms with E-state index in [0.29, 0.717) is 5.57 Å². The molecule has 0 heterocycles. The van der Waals surface area contributed by atoms with Gasteiger partial charge in [-0.2, -0.15) is 0 Å². The molecule has 0 aliphatic rings. The predicted octanol–water partition coefficient (Wildman–Crippen LogP) is 1.58. The molecule has 0 saturated carbocycles. The highest BCUT2D eigenvalue weighted by molar-refractivity contribution is 5.86. The molecule has 0 unspecified atom stereocenters. The van der Waals surface area contributed by atoms with Gasteiger partial charge >= 0.3 is 5.97 Å². The average Bonchev–Trinajstić information content (AvgIpc) is 1.65. The molecule has 2 nitrogen and oxygen atoms in total. The van der Waals surface area contributed by atoms with Gasteiger partial charge in [0.15, 0.2) is 0 Å². The first-order chi connectivity index (χ1) is 3.18. The van der Waals surface area contributed by atoms with E-state index in [2.05, 4.69) is 11.3 Å². The van der Waals surface area contributed by atoms with E-state index in [1.54, 1.807) is 6.92 Å². The lowest BCUT2D eigenvalue weighted by Crippen LogP contribution is -1.98. The lowest BCUT2D eigenvalue weighted by atomic mass is 10.4. The van der Waals surface area contributed by atoms with Crippen molar-refractivity contribution >= 4 is 30.8 Å². The Hall–Kier alpha value is -0.210. The molecule has 0 aliphatic carbocycles. The van der Waals surface area contributed by atoms with Crippen molar-refractivity contribution in [3.63, 3.8) is 0 Å². The summed E-state index contributed by atoms with van der Waals surface area (Å²) in [5.74, 6) is -0.347. The van der Waals surface area contributed by atoms with E-state index in [1.807, 2.05) is 0 Å². The molecule has 56 valence electrons. The van der Waals surface area contributed by atoms with Gasteiger partial charge < -0.3 is 4.74 Å². The molecule has 0 spiro atoms. The molecule has 4 heteroatoms. The number of carbonyl (C=O) groups is 1. The summed E-state index contributed by atoms with van der Waals surface area (Å²) < 4.78 is 4.27. The molecule has 0 rings (SSSR count). The highest BCUT2D eigenvalue weighted by Crippen LogP contribution is 1.87. The molecule has 0 aromatic heterocycles. The van der Waals surface area contributed by atoms with Crippen molar-refractivity contribution in [1.29, 1.82) is 0 Å². The van der Waals surface area contributed by atoms with Crippen molar-refractivity contribution in [1.82, 2.24) is 0 Å². The molecular formula is C5H10Cl2O2. The molecule has 0 aliphatic heterocycles. The number of ether oxygens (including phenoxy) is 1. The summed E-state index contributed by atoms with van der Waals surface area (Å²) in [6, 6.07) is 0. The summed E-state index contributed by atoms with van der Waals surface area (Å²) in [5, 5.41) is 0. The van der Waals surface area contributed by atoms with Crippen LogP contribution < -0.4 is 0 Å². The number of methoxy groups -OCH3 is 1. The number of halogens is 2. The number of hydrogen-bond donors (Lipinski definition) is 0. The smallest absolute Gasteiger partial charge is 0.332 e. The summed E-state index contributed by atoms with van der Waals surface area (Å²) >= 11 is 0. The van der Waals surface area contributed by atoms with E-state index in [0.717, 1.165) is 0 Å². The summed E-state index contributed by atoms with van der Waals surface area (Å²) in [6.07, 6.45) is 0. The van der Waals surface area contributed by atoms with Gasteiger partial charge in [-0.25, -0.2) is 4.79 Å². The van der Waals surface area contributed by atoms with E-state index < -0.39 is 0 Å². The monoisotopic (exact) mass is 172 g/mol. The van der Waals surface area contributed by atoms with Gasteiger partial charge in [-0.05, 0) is 6.92 Å². The van der Waals surface area contributed by atoms with Gasteiger partial charge in [0.1, 0.15) is 0 Å². The van der Waals surface area contributed by atoms with Crippen molar-refractivity contribution in [2.75, 3.05) is 7.11 Å². The zero-order valence-electron chi connectivity index (χ0n) is 5.34. The Morgan fingerprint density at radius 2 is 1.78 bits per heavy atom. The minimum atomic E-state index is -0.347. The fraction of sp³-hybridized carbons (Fsp3) is 0.400. The number of hydrogen-bond acceptors (Lipinski definition) is 2. The number of rotatable bonds is 1. The molecule has 0 aromatic carbocycles. The quantitative estimate of drug-likeness (QED) is 0.444. The topological polar surface area (TPSA) is 26.3 Å². The fourth-order valence-electron chi connectivity index (χ4n) is 0.174. The van der Waals surface area contributed by atoms with Gasteiger partial charge in [-0.3, -0.25) is 0 Å². The minimum absolute atomic E-state index is 0. The van der Waals surface area contributed by atoms with Crippen LogP contribution in [0.3, 0.4) is 0 Å². The highest BCUT2D eigenvalue weighted by Gasteiger charge is 1.95. The fourth-order valence-corrected chi connectivity index (χ4v) is 0.174. The van der Waals surface area contributed by atoms with Crippen LogP contribution in [0.25, 0.3) is 0 Å². The van der Waals surface area contributed by atoms with Crippen molar-refractivity contribution in [2.24, 2.45) is 0 Å². The zero-order chi connectivity index (χ0) is 5.86. The Morgan fingerprint density at radius 1 is 1.44 bits per heavy atom. The molecule has 9 heavy (non-hydrogen) atoms. The van der Waals surface area contributed by atoms with Crippen LogP contribution in [0.4, 0.5) is 0 Å². The number of esters is 1. The maximum atomic E-state index is 10.2. The second-order valence-corrected chi connectivity index (χ2v) is 1.27. The van der Waals surface area contributed by atoms with Crippen molar-refractivity contribution in [3.8, 4) is 0 Å². The average molecular weight is 173 g/mol. The summed E-state index contributed by atoms with van der Waals surface area (Å²) in [7, 11) is 1.33. The Bertz CT molecular complexity index is 101. The third-order valence-electron chi connectivity index (χ3n) is 0.534. The van der Waals surface area contributed by atoms with Gasteiger partial charge in [-0.15, -0.1) is 24.8 Å². The molecule has 0 saturated heterocycles. The summed E-state index contributed by atoms with van der Waals surface area (Å²) in [6.45, 7) is 4.95. The van der Waals surface area contributed by atoms with Crippen LogP contribution in [0.2, 0.25) is 0 Å². The predicted molar refractivity (Wildman–Crippen MR) is 41.3 cm³/mol. The normalized spacial score (nSPS) is 6.00. The number of carbonyl (C=O) groups excluding carboxylic acids is 1. The molecule has 0 atom stereocenters. The molecule has 0 N–H and O–H groups in total. The van der Waals surface area contributed by atoms with Crippen LogP contribution in [0.15, 0.2) is 12.2 Å². The Kier molecular flexibility index (Phi) is 13.8.